The van der Waals surface area contributed by atoms with Gasteiger partial charge in [-0.3, -0.25) is 4.99 Å². The van der Waals surface area contributed by atoms with E-state index >= 15 is 0 Å². The van der Waals surface area contributed by atoms with Crippen molar-refractivity contribution in [1.82, 2.24) is 15.5 Å². The summed E-state index contributed by atoms with van der Waals surface area (Å²) in [7, 11) is 4.86. The van der Waals surface area contributed by atoms with E-state index in [1.54, 1.807) is 28.2 Å². The lowest BCUT2D eigenvalue weighted by Gasteiger charge is -2.13. The van der Waals surface area contributed by atoms with E-state index in [9.17, 15) is 0 Å². The van der Waals surface area contributed by atoms with Gasteiger partial charge in [0, 0.05) is 25.7 Å². The van der Waals surface area contributed by atoms with Crippen LogP contribution in [0.3, 0.4) is 0 Å². The van der Waals surface area contributed by atoms with Crippen LogP contribution in [0.4, 0.5) is 5.69 Å². The second-order valence-corrected chi connectivity index (χ2v) is 4.35. The molecule has 0 spiro atoms. The number of aliphatic imine (C=N–C) groups is 1. The smallest absolute Gasteiger partial charge is 0.223 e. The van der Waals surface area contributed by atoms with E-state index in [0.717, 1.165) is 5.69 Å². The zero-order valence-electron chi connectivity index (χ0n) is 13.4. The highest BCUT2D eigenvalue weighted by molar-refractivity contribution is 14.0. The first-order valence-electron chi connectivity index (χ1n) is 6.65. The van der Waals surface area contributed by atoms with Crippen LogP contribution in [0.25, 0.3) is 0 Å². The van der Waals surface area contributed by atoms with Crippen molar-refractivity contribution >= 4 is 35.6 Å². The van der Waals surface area contributed by atoms with E-state index in [4.69, 9.17) is 14.0 Å². The Hall–Kier alpha value is -2.04. The molecule has 8 nitrogen and oxygen atoms in total. The van der Waals surface area contributed by atoms with Crippen molar-refractivity contribution in [2.45, 2.75) is 13.5 Å². The molecule has 23 heavy (non-hydrogen) atoms. The monoisotopic (exact) mass is 433 g/mol. The molecule has 0 aliphatic heterocycles. The second kappa shape index (κ2) is 9.18. The fraction of sp³-hybridized carbons (Fsp3) is 0.357. The van der Waals surface area contributed by atoms with E-state index in [-0.39, 0.29) is 24.0 Å². The molecule has 2 N–H and O–H groups in total. The van der Waals surface area contributed by atoms with E-state index in [1.807, 2.05) is 18.2 Å². The maximum atomic E-state index is 5.27. The van der Waals surface area contributed by atoms with Crippen molar-refractivity contribution in [1.29, 1.82) is 0 Å². The summed E-state index contributed by atoms with van der Waals surface area (Å²) in [5, 5.41) is 10.1. The van der Waals surface area contributed by atoms with Gasteiger partial charge < -0.3 is 24.6 Å². The molecular formula is C14H20IN5O3. The quantitative estimate of drug-likeness (QED) is 0.424. The van der Waals surface area contributed by atoms with Crippen LogP contribution >= 0.6 is 24.0 Å². The van der Waals surface area contributed by atoms with Gasteiger partial charge in [0.05, 0.1) is 20.8 Å². The fourth-order valence-corrected chi connectivity index (χ4v) is 1.81. The Morgan fingerprint density at radius 3 is 2.57 bits per heavy atom. The molecule has 0 saturated carbocycles. The van der Waals surface area contributed by atoms with Gasteiger partial charge >= 0.3 is 0 Å². The lowest BCUT2D eigenvalue weighted by molar-refractivity contribution is 0.355. The molecule has 0 unspecified atom stereocenters. The number of benzene rings is 1. The highest BCUT2D eigenvalue weighted by Gasteiger charge is 2.07. The molecule has 9 heteroatoms. The Labute approximate surface area is 151 Å². The van der Waals surface area contributed by atoms with Crippen molar-refractivity contribution in [2.24, 2.45) is 4.99 Å². The average Bonchev–Trinajstić information content (AvgIpc) is 2.96. The highest BCUT2D eigenvalue weighted by Crippen LogP contribution is 2.29. The Morgan fingerprint density at radius 2 is 2.00 bits per heavy atom. The third kappa shape index (κ3) is 5.27. The predicted octanol–water partition coefficient (Wildman–Crippen LogP) is 2.20. The average molecular weight is 433 g/mol. The van der Waals surface area contributed by atoms with Crippen LogP contribution in [0, 0.1) is 6.92 Å². The molecular weight excluding hydrogens is 413 g/mol. The van der Waals surface area contributed by atoms with E-state index < -0.39 is 0 Å². The largest absolute Gasteiger partial charge is 0.493 e. The number of methoxy groups -OCH3 is 2. The number of anilines is 1. The first-order chi connectivity index (χ1) is 10.7. The number of guanidine groups is 1. The summed E-state index contributed by atoms with van der Waals surface area (Å²) in [6, 6.07) is 5.51. The zero-order valence-corrected chi connectivity index (χ0v) is 15.7. The maximum Gasteiger partial charge on any atom is 0.223 e. The van der Waals surface area contributed by atoms with Crippen LogP contribution in [0.1, 0.15) is 11.7 Å². The summed E-state index contributed by atoms with van der Waals surface area (Å²) in [5.41, 5.74) is 0.815. The minimum atomic E-state index is 0. The van der Waals surface area contributed by atoms with Gasteiger partial charge in [-0.25, -0.2) is 0 Å². The van der Waals surface area contributed by atoms with Crippen molar-refractivity contribution < 1.29 is 14.0 Å². The van der Waals surface area contributed by atoms with Gasteiger partial charge in [-0.05, 0) is 12.1 Å². The summed E-state index contributed by atoms with van der Waals surface area (Å²) in [6.45, 7) is 2.15. The molecule has 0 bridgehead atoms. The number of nitrogens with zero attached hydrogens (tertiary/aromatic N) is 3. The van der Waals surface area contributed by atoms with Gasteiger partial charge in [0.25, 0.3) is 0 Å². The van der Waals surface area contributed by atoms with Crippen LogP contribution in [-0.2, 0) is 6.54 Å². The molecule has 0 aliphatic rings. The lowest BCUT2D eigenvalue weighted by Crippen LogP contribution is -2.30. The summed E-state index contributed by atoms with van der Waals surface area (Å²) >= 11 is 0. The Bertz CT molecular complexity index is 660. The number of ether oxygens (including phenoxy) is 2. The summed E-state index contributed by atoms with van der Waals surface area (Å²) in [5.74, 6) is 2.97. The minimum absolute atomic E-state index is 0. The molecule has 2 aromatic rings. The molecule has 0 fully saturated rings. The highest BCUT2D eigenvalue weighted by atomic mass is 127. The lowest BCUT2D eigenvalue weighted by atomic mass is 10.3. The number of rotatable bonds is 5. The topological polar surface area (TPSA) is 93.8 Å². The first kappa shape index (κ1) is 19.0. The maximum absolute atomic E-state index is 5.27. The number of halogens is 1. The van der Waals surface area contributed by atoms with Crippen molar-refractivity contribution in [3.63, 3.8) is 0 Å². The van der Waals surface area contributed by atoms with Crippen LogP contribution in [-0.4, -0.2) is 37.4 Å². The summed E-state index contributed by atoms with van der Waals surface area (Å²) < 4.78 is 15.4. The third-order valence-corrected chi connectivity index (χ3v) is 2.85. The molecule has 2 rings (SSSR count). The molecule has 0 amide bonds. The summed E-state index contributed by atoms with van der Waals surface area (Å²) in [4.78, 5) is 8.25. The normalized spacial score (nSPS) is 10.7. The second-order valence-electron chi connectivity index (χ2n) is 4.35. The standard InChI is InChI=1S/C14H19N5O3.HI/c1-9-17-13(19-22-9)8-16-14(15-2)18-10-5-6-11(20-3)12(7-10)21-4;/h5-7H,8H2,1-4H3,(H2,15,16,18);1H. The number of hydrogen-bond donors (Lipinski definition) is 2. The van der Waals surface area contributed by atoms with Crippen LogP contribution in [0.2, 0.25) is 0 Å². The van der Waals surface area contributed by atoms with Gasteiger partial charge in [0.2, 0.25) is 5.89 Å². The van der Waals surface area contributed by atoms with Crippen molar-refractivity contribution in [2.75, 3.05) is 26.6 Å². The Morgan fingerprint density at radius 1 is 1.26 bits per heavy atom. The van der Waals surface area contributed by atoms with Gasteiger partial charge in [-0.15, -0.1) is 24.0 Å². The first-order valence-corrected chi connectivity index (χ1v) is 6.65. The minimum Gasteiger partial charge on any atom is -0.493 e. The van der Waals surface area contributed by atoms with Gasteiger partial charge in [0.15, 0.2) is 23.3 Å². The van der Waals surface area contributed by atoms with Gasteiger partial charge in [-0.2, -0.15) is 4.98 Å². The van der Waals surface area contributed by atoms with Crippen molar-refractivity contribution in [3.05, 3.63) is 29.9 Å². The molecule has 0 aliphatic carbocycles. The molecule has 0 atom stereocenters. The van der Waals surface area contributed by atoms with Crippen LogP contribution < -0.4 is 20.1 Å². The van der Waals surface area contributed by atoms with Gasteiger partial charge in [-0.1, -0.05) is 5.16 Å². The van der Waals surface area contributed by atoms with E-state index in [2.05, 4.69) is 25.8 Å². The van der Waals surface area contributed by atoms with Crippen LogP contribution in [0.5, 0.6) is 11.5 Å². The molecule has 1 aromatic heterocycles. The molecule has 0 saturated heterocycles. The van der Waals surface area contributed by atoms with E-state index in [0.29, 0.717) is 35.7 Å². The van der Waals surface area contributed by atoms with Gasteiger partial charge in [0.1, 0.15) is 0 Å². The molecule has 0 radical (unpaired) electrons. The van der Waals surface area contributed by atoms with Crippen LogP contribution in [0.15, 0.2) is 27.7 Å². The fourth-order valence-electron chi connectivity index (χ4n) is 1.81. The van der Waals surface area contributed by atoms with Crippen molar-refractivity contribution in [3.8, 4) is 11.5 Å². The third-order valence-electron chi connectivity index (χ3n) is 2.85. The molecule has 126 valence electrons. The predicted molar refractivity (Wildman–Crippen MR) is 97.8 cm³/mol. The zero-order chi connectivity index (χ0) is 15.9. The number of hydrogen-bond acceptors (Lipinski definition) is 6. The van der Waals surface area contributed by atoms with E-state index in [1.165, 1.54) is 0 Å². The number of aryl methyl sites for hydroxylation is 1. The number of aromatic nitrogens is 2. The molecule has 1 heterocycles. The number of nitrogens with one attached hydrogen (secondary N) is 2. The Kier molecular flexibility index (Phi) is 7.59. The molecule has 1 aromatic carbocycles. The SMILES string of the molecule is CN=C(NCc1noc(C)n1)Nc1ccc(OC)c(OC)c1.I. The Balaban J connectivity index is 0.00000264. The summed E-state index contributed by atoms with van der Waals surface area (Å²) in [6.07, 6.45) is 0.